The summed E-state index contributed by atoms with van der Waals surface area (Å²) >= 11 is 0. The predicted molar refractivity (Wildman–Crippen MR) is 115 cm³/mol. The van der Waals surface area contributed by atoms with Crippen molar-refractivity contribution in [3.8, 4) is 0 Å². The van der Waals surface area contributed by atoms with Gasteiger partial charge in [-0.25, -0.2) is 4.79 Å². The Balaban J connectivity index is 1.71. The van der Waals surface area contributed by atoms with E-state index < -0.39 is 16.8 Å². The average molecular weight is 424 g/mol. The number of allylic oxidation sites excluding steroid dienone is 3. The van der Waals surface area contributed by atoms with E-state index in [1.165, 1.54) is 12.1 Å². The number of non-ortho nitro benzene ring substituents is 1. The zero-order chi connectivity index (χ0) is 22.0. The molecule has 1 heterocycles. The van der Waals surface area contributed by atoms with Crippen LogP contribution >= 0.6 is 0 Å². The third-order valence-corrected chi connectivity index (χ3v) is 6.51. The Labute approximate surface area is 181 Å². The number of carbonyl (C=O) groups excluding carboxylic acids is 2. The fourth-order valence-corrected chi connectivity index (χ4v) is 4.95. The van der Waals surface area contributed by atoms with Crippen LogP contribution in [0.1, 0.15) is 76.2 Å². The largest absolute Gasteiger partial charge is 0.459 e. The van der Waals surface area contributed by atoms with Crippen LogP contribution in [0.2, 0.25) is 0 Å². The van der Waals surface area contributed by atoms with E-state index in [1.54, 1.807) is 12.1 Å². The highest BCUT2D eigenvalue weighted by Crippen LogP contribution is 2.43. The van der Waals surface area contributed by atoms with Crippen LogP contribution in [0.25, 0.3) is 0 Å². The normalized spacial score (nSPS) is 22.5. The summed E-state index contributed by atoms with van der Waals surface area (Å²) in [5, 5.41) is 14.4. The number of nitrogens with zero attached hydrogens (tertiary/aromatic N) is 1. The van der Waals surface area contributed by atoms with E-state index in [9.17, 15) is 19.7 Å². The third-order valence-electron chi connectivity index (χ3n) is 6.51. The van der Waals surface area contributed by atoms with Crippen molar-refractivity contribution < 1.29 is 19.2 Å². The van der Waals surface area contributed by atoms with Gasteiger partial charge in [-0.2, -0.15) is 0 Å². The molecule has 1 aliphatic heterocycles. The van der Waals surface area contributed by atoms with Gasteiger partial charge in [0.2, 0.25) is 0 Å². The molecule has 0 amide bonds. The molecule has 0 aromatic heterocycles. The molecule has 3 aliphatic rings. The highest BCUT2D eigenvalue weighted by Gasteiger charge is 2.39. The van der Waals surface area contributed by atoms with Gasteiger partial charge in [-0.05, 0) is 51.0 Å². The van der Waals surface area contributed by atoms with Crippen LogP contribution < -0.4 is 5.32 Å². The molecule has 7 heteroatoms. The first-order chi connectivity index (χ1) is 15.0. The lowest BCUT2D eigenvalue weighted by Gasteiger charge is -2.34. The van der Waals surface area contributed by atoms with Gasteiger partial charge in [-0.3, -0.25) is 14.9 Å². The standard InChI is InChI=1S/C24H28N2O5/c1-15-21(24(28)31-18-7-4-2-3-5-8-18)22(16-11-13-17(14-12-16)26(29)30)23-19(25-15)9-6-10-20(23)27/h11-14,18,22,25H,2-10H2,1H3/t22-/m0/s1. The molecule has 0 radical (unpaired) electrons. The summed E-state index contributed by atoms with van der Waals surface area (Å²) in [7, 11) is 0. The van der Waals surface area contributed by atoms with E-state index in [1.807, 2.05) is 6.92 Å². The highest BCUT2D eigenvalue weighted by atomic mass is 16.6. The summed E-state index contributed by atoms with van der Waals surface area (Å²) in [5.74, 6) is -0.947. The van der Waals surface area contributed by atoms with E-state index in [4.69, 9.17) is 4.74 Å². The molecule has 164 valence electrons. The lowest BCUT2D eigenvalue weighted by molar-refractivity contribution is -0.384. The average Bonchev–Trinajstić information content (AvgIpc) is 3.01. The molecule has 1 fully saturated rings. The van der Waals surface area contributed by atoms with Gasteiger partial charge in [0.15, 0.2) is 5.78 Å². The van der Waals surface area contributed by atoms with Crippen molar-refractivity contribution in [2.24, 2.45) is 0 Å². The van der Waals surface area contributed by atoms with Crippen LogP contribution in [0, 0.1) is 10.1 Å². The molecular formula is C24H28N2O5. The molecule has 7 nitrogen and oxygen atoms in total. The second-order valence-corrected chi connectivity index (χ2v) is 8.63. The monoisotopic (exact) mass is 424 g/mol. The Morgan fingerprint density at radius 3 is 2.39 bits per heavy atom. The zero-order valence-electron chi connectivity index (χ0n) is 17.8. The Bertz CT molecular complexity index is 953. The summed E-state index contributed by atoms with van der Waals surface area (Å²) in [6.07, 6.45) is 7.99. The molecule has 0 saturated heterocycles. The molecular weight excluding hydrogens is 396 g/mol. The summed E-state index contributed by atoms with van der Waals surface area (Å²) in [6, 6.07) is 6.14. The van der Waals surface area contributed by atoms with Gasteiger partial charge in [-0.15, -0.1) is 0 Å². The number of carbonyl (C=O) groups is 2. The highest BCUT2D eigenvalue weighted by molar-refractivity contribution is 6.03. The van der Waals surface area contributed by atoms with Crippen LogP contribution in [0.15, 0.2) is 46.8 Å². The lowest BCUT2D eigenvalue weighted by atomic mass is 9.75. The van der Waals surface area contributed by atoms with Crippen LogP contribution in [0.4, 0.5) is 5.69 Å². The number of esters is 1. The molecule has 0 bridgehead atoms. The Kier molecular flexibility index (Phi) is 6.20. The van der Waals surface area contributed by atoms with Crippen LogP contribution in [-0.4, -0.2) is 22.8 Å². The van der Waals surface area contributed by atoms with Crippen LogP contribution in [-0.2, 0) is 14.3 Å². The van der Waals surface area contributed by atoms with Crippen molar-refractivity contribution in [1.82, 2.24) is 5.32 Å². The number of dihydropyridines is 1. The van der Waals surface area contributed by atoms with E-state index >= 15 is 0 Å². The van der Waals surface area contributed by atoms with Crippen molar-refractivity contribution in [3.63, 3.8) is 0 Å². The zero-order valence-corrected chi connectivity index (χ0v) is 17.8. The van der Waals surface area contributed by atoms with Crippen molar-refractivity contribution in [1.29, 1.82) is 0 Å². The van der Waals surface area contributed by atoms with Crippen molar-refractivity contribution >= 4 is 17.4 Å². The number of ketones is 1. The Hall–Kier alpha value is -2.96. The first-order valence-electron chi connectivity index (χ1n) is 11.1. The summed E-state index contributed by atoms with van der Waals surface area (Å²) in [6.45, 7) is 1.84. The summed E-state index contributed by atoms with van der Waals surface area (Å²) in [5.41, 5.74) is 3.25. The van der Waals surface area contributed by atoms with E-state index in [0.717, 1.165) is 57.1 Å². The predicted octanol–water partition coefficient (Wildman–Crippen LogP) is 4.83. The fraction of sp³-hybridized carbons (Fsp3) is 0.500. The number of benzene rings is 1. The number of nitrogens with one attached hydrogen (secondary N) is 1. The van der Waals surface area contributed by atoms with E-state index in [0.29, 0.717) is 28.8 Å². The van der Waals surface area contributed by atoms with Gasteiger partial charge in [-0.1, -0.05) is 25.0 Å². The maximum absolute atomic E-state index is 13.4. The molecule has 0 spiro atoms. The minimum atomic E-state index is -0.567. The van der Waals surface area contributed by atoms with Crippen molar-refractivity contribution in [2.45, 2.75) is 76.7 Å². The van der Waals surface area contributed by atoms with Crippen molar-refractivity contribution in [3.05, 3.63) is 62.5 Å². The third kappa shape index (κ3) is 4.40. The summed E-state index contributed by atoms with van der Waals surface area (Å²) < 4.78 is 5.93. The van der Waals surface area contributed by atoms with Gasteiger partial charge < -0.3 is 10.1 Å². The van der Waals surface area contributed by atoms with E-state index in [-0.39, 0.29) is 17.6 Å². The first kappa shape index (κ1) is 21.3. The maximum Gasteiger partial charge on any atom is 0.337 e. The van der Waals surface area contributed by atoms with Crippen LogP contribution in [0.5, 0.6) is 0 Å². The summed E-state index contributed by atoms with van der Waals surface area (Å²) in [4.78, 5) is 36.9. The number of rotatable bonds is 4. The smallest absolute Gasteiger partial charge is 0.337 e. The van der Waals surface area contributed by atoms with Gasteiger partial charge in [0.25, 0.3) is 5.69 Å². The van der Waals surface area contributed by atoms with Gasteiger partial charge in [0.05, 0.1) is 10.5 Å². The fourth-order valence-electron chi connectivity index (χ4n) is 4.95. The second-order valence-electron chi connectivity index (χ2n) is 8.63. The van der Waals surface area contributed by atoms with Gasteiger partial charge >= 0.3 is 5.97 Å². The molecule has 1 saturated carbocycles. The molecule has 4 rings (SSSR count). The second kappa shape index (κ2) is 9.04. The van der Waals surface area contributed by atoms with Gasteiger partial charge in [0, 0.05) is 41.4 Å². The number of nitro benzene ring substituents is 1. The molecule has 1 N–H and O–H groups in total. The quantitative estimate of drug-likeness (QED) is 0.322. The van der Waals surface area contributed by atoms with Crippen molar-refractivity contribution in [2.75, 3.05) is 0 Å². The number of nitro groups is 1. The molecule has 31 heavy (non-hydrogen) atoms. The lowest BCUT2D eigenvalue weighted by Crippen LogP contribution is -2.35. The number of hydrogen-bond donors (Lipinski definition) is 1. The number of Topliss-reactive ketones (excluding diaryl/α,β-unsaturated/α-hetero) is 1. The first-order valence-corrected chi connectivity index (χ1v) is 11.1. The number of ether oxygens (including phenoxy) is 1. The van der Waals surface area contributed by atoms with Crippen LogP contribution in [0.3, 0.4) is 0 Å². The minimum Gasteiger partial charge on any atom is -0.459 e. The van der Waals surface area contributed by atoms with Gasteiger partial charge in [0.1, 0.15) is 6.10 Å². The molecule has 1 aromatic rings. The Morgan fingerprint density at radius 2 is 1.74 bits per heavy atom. The maximum atomic E-state index is 13.4. The molecule has 1 atom stereocenters. The molecule has 0 unspecified atom stereocenters. The molecule has 2 aliphatic carbocycles. The van der Waals surface area contributed by atoms with E-state index in [2.05, 4.69) is 5.32 Å². The molecule has 1 aromatic carbocycles. The topological polar surface area (TPSA) is 98.5 Å². The number of hydrogen-bond acceptors (Lipinski definition) is 6. The minimum absolute atomic E-state index is 0.0179. The Morgan fingerprint density at radius 1 is 1.06 bits per heavy atom. The SMILES string of the molecule is CC1=C(C(=O)OC2CCCCCC2)[C@H](c2ccc([N+](=O)[O-])cc2)C2=C(CCCC2=O)N1.